The smallest absolute Gasteiger partial charge is 0.177 e. The lowest BCUT2D eigenvalue weighted by molar-refractivity contribution is -0.111. The van der Waals surface area contributed by atoms with E-state index in [1.165, 1.54) is 11.1 Å². The Bertz CT molecular complexity index is 405. The number of allylic oxidation sites excluding steroid dienone is 2. The molecule has 0 aromatic heterocycles. The number of carbonyl (C=O) groups is 1. The summed E-state index contributed by atoms with van der Waals surface area (Å²) in [6.45, 7) is 14.9. The number of carbonyl (C=O) groups excluding carboxylic acids is 1. The van der Waals surface area contributed by atoms with Crippen molar-refractivity contribution in [1.29, 1.82) is 0 Å². The fourth-order valence-corrected chi connectivity index (χ4v) is 6.86. The molecule has 17 heavy (non-hydrogen) atoms. The number of ketones is 1. The summed E-state index contributed by atoms with van der Waals surface area (Å²) in [6.07, 6.45) is 0. The first-order chi connectivity index (χ1) is 7.64. The van der Waals surface area contributed by atoms with Crippen molar-refractivity contribution in [1.82, 2.24) is 0 Å². The van der Waals surface area contributed by atoms with Crippen molar-refractivity contribution in [3.05, 3.63) is 21.5 Å². The van der Waals surface area contributed by atoms with Crippen LogP contribution in [0, 0.1) is 0 Å². The van der Waals surface area contributed by atoms with E-state index in [9.17, 15) is 4.79 Å². The lowest BCUT2D eigenvalue weighted by Crippen LogP contribution is -2.35. The molecule has 0 saturated carbocycles. The van der Waals surface area contributed by atoms with E-state index in [0.717, 1.165) is 10.4 Å². The Morgan fingerprint density at radius 2 is 1.18 bits per heavy atom. The summed E-state index contributed by atoms with van der Waals surface area (Å²) in [5.74, 6) is 0.372. The van der Waals surface area contributed by atoms with Crippen molar-refractivity contribution in [3.8, 4) is 0 Å². The van der Waals surface area contributed by atoms with Crippen LogP contribution in [0.4, 0.5) is 0 Å². The SMILES string of the molecule is C[Si](C)(C)C1=C2COCC2=C([Si](C)(C)C)C1=O. The fraction of sp³-hybridized carbons (Fsp3) is 0.615. The van der Waals surface area contributed by atoms with Gasteiger partial charge in [-0.05, 0) is 21.5 Å². The number of rotatable bonds is 2. The molecule has 1 aliphatic carbocycles. The average Bonchev–Trinajstić information content (AvgIpc) is 2.55. The molecular weight excluding hydrogens is 244 g/mol. The standard InChI is InChI=1S/C13H22O2Si2/c1-16(2,3)12-9-7-15-8-10(9)13(11(12)14)17(4,5)6/h7-8H2,1-6H3. The van der Waals surface area contributed by atoms with Crippen LogP contribution >= 0.6 is 0 Å². The van der Waals surface area contributed by atoms with Gasteiger partial charge < -0.3 is 4.74 Å². The number of fused-ring (bicyclic) bond motifs is 1. The van der Waals surface area contributed by atoms with Crippen LogP contribution in [0.15, 0.2) is 21.5 Å². The minimum atomic E-state index is -1.56. The van der Waals surface area contributed by atoms with Crippen molar-refractivity contribution in [3.63, 3.8) is 0 Å². The van der Waals surface area contributed by atoms with Crippen molar-refractivity contribution in [2.45, 2.75) is 39.3 Å². The molecule has 1 aliphatic heterocycles. The van der Waals surface area contributed by atoms with Gasteiger partial charge in [-0.15, -0.1) is 0 Å². The molecule has 0 aromatic carbocycles. The second-order valence-electron chi connectivity index (χ2n) is 7.03. The molecule has 0 N–H and O–H groups in total. The van der Waals surface area contributed by atoms with E-state index in [2.05, 4.69) is 39.3 Å². The Labute approximate surface area is 106 Å². The molecule has 2 rings (SSSR count). The van der Waals surface area contributed by atoms with Gasteiger partial charge in [-0.25, -0.2) is 0 Å². The summed E-state index contributed by atoms with van der Waals surface area (Å²) in [5, 5.41) is 2.28. The van der Waals surface area contributed by atoms with Crippen LogP contribution in [0.5, 0.6) is 0 Å². The van der Waals surface area contributed by atoms with Gasteiger partial charge in [0.15, 0.2) is 5.78 Å². The lowest BCUT2D eigenvalue weighted by Gasteiger charge is -2.23. The van der Waals surface area contributed by atoms with Gasteiger partial charge in [0.25, 0.3) is 0 Å². The Morgan fingerprint density at radius 3 is 1.47 bits per heavy atom. The molecule has 0 aromatic rings. The van der Waals surface area contributed by atoms with E-state index < -0.39 is 16.1 Å². The molecule has 94 valence electrons. The highest BCUT2D eigenvalue weighted by Gasteiger charge is 2.44. The third kappa shape index (κ3) is 2.02. The van der Waals surface area contributed by atoms with Crippen molar-refractivity contribution in [2.24, 2.45) is 0 Å². The van der Waals surface area contributed by atoms with Gasteiger partial charge in [0.1, 0.15) is 0 Å². The molecule has 0 atom stereocenters. The zero-order valence-corrected chi connectivity index (χ0v) is 13.7. The number of hydrogen-bond donors (Lipinski definition) is 0. The van der Waals surface area contributed by atoms with Gasteiger partial charge in [-0.3, -0.25) is 4.79 Å². The van der Waals surface area contributed by atoms with Crippen LogP contribution in [0.2, 0.25) is 39.3 Å². The van der Waals surface area contributed by atoms with Crippen LogP contribution in [-0.2, 0) is 9.53 Å². The monoisotopic (exact) mass is 266 g/mol. The summed E-state index contributed by atoms with van der Waals surface area (Å²) in [6, 6.07) is 0. The highest BCUT2D eigenvalue weighted by atomic mass is 28.3. The molecule has 0 spiro atoms. The molecule has 0 unspecified atom stereocenters. The topological polar surface area (TPSA) is 26.3 Å². The number of hydrogen-bond acceptors (Lipinski definition) is 2. The van der Waals surface area contributed by atoms with Crippen LogP contribution < -0.4 is 0 Å². The third-order valence-corrected chi connectivity index (χ3v) is 7.47. The molecule has 0 bridgehead atoms. The zero-order chi connectivity index (χ0) is 13.0. The Kier molecular flexibility index (Phi) is 2.88. The van der Waals surface area contributed by atoms with Crippen LogP contribution in [0.25, 0.3) is 0 Å². The van der Waals surface area contributed by atoms with Gasteiger partial charge >= 0.3 is 0 Å². The van der Waals surface area contributed by atoms with Crippen LogP contribution in [-0.4, -0.2) is 35.1 Å². The Morgan fingerprint density at radius 1 is 0.824 bits per heavy atom. The predicted molar refractivity (Wildman–Crippen MR) is 76.6 cm³/mol. The molecule has 0 radical (unpaired) electrons. The summed E-state index contributed by atoms with van der Waals surface area (Å²) in [7, 11) is -3.13. The quantitative estimate of drug-likeness (QED) is 0.718. The largest absolute Gasteiger partial charge is 0.372 e. The van der Waals surface area contributed by atoms with Gasteiger partial charge in [-0.2, -0.15) is 0 Å². The van der Waals surface area contributed by atoms with Gasteiger partial charge in [0.05, 0.1) is 29.4 Å². The van der Waals surface area contributed by atoms with Crippen molar-refractivity contribution < 1.29 is 9.53 Å². The third-order valence-electron chi connectivity index (χ3n) is 3.41. The lowest BCUT2D eigenvalue weighted by atomic mass is 10.2. The van der Waals surface area contributed by atoms with E-state index in [-0.39, 0.29) is 0 Å². The molecular formula is C13H22O2Si2. The first-order valence-electron chi connectivity index (χ1n) is 6.24. The minimum absolute atomic E-state index is 0.372. The van der Waals surface area contributed by atoms with Crippen LogP contribution in [0.3, 0.4) is 0 Å². The fourth-order valence-electron chi connectivity index (χ4n) is 2.86. The molecule has 2 nitrogen and oxygen atoms in total. The Balaban J connectivity index is 2.58. The van der Waals surface area contributed by atoms with Crippen LogP contribution in [0.1, 0.15) is 0 Å². The summed E-state index contributed by atoms with van der Waals surface area (Å²) in [5.41, 5.74) is 2.51. The maximum atomic E-state index is 12.7. The molecule has 4 heteroatoms. The summed E-state index contributed by atoms with van der Waals surface area (Å²) >= 11 is 0. The van der Waals surface area contributed by atoms with Crippen molar-refractivity contribution in [2.75, 3.05) is 13.2 Å². The first-order valence-corrected chi connectivity index (χ1v) is 13.2. The first kappa shape index (κ1) is 13.0. The normalized spacial score (nSPS) is 21.6. The van der Waals surface area contributed by atoms with E-state index >= 15 is 0 Å². The summed E-state index contributed by atoms with van der Waals surface area (Å²) in [4.78, 5) is 12.7. The highest BCUT2D eigenvalue weighted by molar-refractivity contribution is 6.94. The van der Waals surface area contributed by atoms with E-state index in [1.54, 1.807) is 0 Å². The number of ether oxygens (including phenoxy) is 1. The maximum absolute atomic E-state index is 12.7. The van der Waals surface area contributed by atoms with Gasteiger partial charge in [0.2, 0.25) is 0 Å². The summed E-state index contributed by atoms with van der Waals surface area (Å²) < 4.78 is 5.59. The minimum Gasteiger partial charge on any atom is -0.372 e. The molecule has 1 fully saturated rings. The maximum Gasteiger partial charge on any atom is 0.177 e. The number of Topliss-reactive ketones (excluding diaryl/α,β-unsaturated/α-hetero) is 1. The molecule has 1 saturated heterocycles. The van der Waals surface area contributed by atoms with Crippen molar-refractivity contribution >= 4 is 21.9 Å². The van der Waals surface area contributed by atoms with Gasteiger partial charge in [-0.1, -0.05) is 39.3 Å². The molecule has 0 amide bonds. The zero-order valence-electron chi connectivity index (χ0n) is 11.7. The average molecular weight is 266 g/mol. The second-order valence-corrected chi connectivity index (χ2v) is 17.0. The Hall–Kier alpha value is -0.456. The van der Waals surface area contributed by atoms with E-state index in [1.807, 2.05) is 0 Å². The van der Waals surface area contributed by atoms with E-state index in [0.29, 0.717) is 19.0 Å². The molecule has 1 heterocycles. The highest BCUT2D eigenvalue weighted by Crippen LogP contribution is 2.41. The predicted octanol–water partition coefficient (Wildman–Crippen LogP) is 2.95. The second kappa shape index (κ2) is 3.77. The molecule has 2 aliphatic rings. The van der Waals surface area contributed by atoms with E-state index in [4.69, 9.17) is 4.74 Å². The van der Waals surface area contributed by atoms with Gasteiger partial charge in [0, 0.05) is 0 Å².